The molecule has 1 aromatic heterocycles. The normalized spacial score (nSPS) is 15.4. The second-order valence-electron chi connectivity index (χ2n) is 6.87. The molecule has 146 valence electrons. The van der Waals surface area contributed by atoms with Crippen molar-refractivity contribution in [3.05, 3.63) is 71.8 Å². The van der Waals surface area contributed by atoms with Gasteiger partial charge < -0.3 is 14.8 Å². The Kier molecular flexibility index (Phi) is 4.90. The molecule has 0 atom stereocenters. The predicted molar refractivity (Wildman–Crippen MR) is 111 cm³/mol. The topological polar surface area (TPSA) is 77.5 Å². The molecule has 0 bridgehead atoms. The van der Waals surface area contributed by atoms with Crippen molar-refractivity contribution in [2.24, 2.45) is 0 Å². The Bertz CT molecular complexity index is 1080. The van der Waals surface area contributed by atoms with Crippen LogP contribution in [0.2, 0.25) is 0 Å². The number of benzene rings is 2. The maximum absolute atomic E-state index is 12.0. The molecule has 2 heterocycles. The number of hydrogen-bond acceptors (Lipinski definition) is 7. The van der Waals surface area contributed by atoms with Gasteiger partial charge in [0, 0.05) is 42.2 Å². The first-order valence-electron chi connectivity index (χ1n) is 8.96. The van der Waals surface area contributed by atoms with Gasteiger partial charge in [-0.1, -0.05) is 42.5 Å². The first-order valence-corrected chi connectivity index (χ1v) is 9.84. The van der Waals surface area contributed by atoms with Crippen LogP contribution < -0.4 is 5.32 Å². The molecule has 3 aromatic rings. The molecule has 0 saturated carbocycles. The fraction of sp³-hybridized carbons (Fsp3) is 0.136. The van der Waals surface area contributed by atoms with Crippen molar-refractivity contribution in [1.29, 1.82) is 0 Å². The molecular weight excluding hydrogens is 388 g/mol. The molecule has 6 nitrogen and oxygen atoms in total. The SMILES string of the molecule is CC1(C)OC(=O)C(=CNc2cccc(-c3nc(-c4ccccc4)cs3)c2)C(=O)O1. The zero-order valence-corrected chi connectivity index (χ0v) is 16.7. The molecular formula is C22H18N2O4S. The van der Waals surface area contributed by atoms with Crippen LogP contribution in [0.4, 0.5) is 5.69 Å². The van der Waals surface area contributed by atoms with Gasteiger partial charge >= 0.3 is 11.9 Å². The monoisotopic (exact) mass is 406 g/mol. The summed E-state index contributed by atoms with van der Waals surface area (Å²) in [6, 6.07) is 17.5. The number of nitrogens with zero attached hydrogens (tertiary/aromatic N) is 1. The minimum atomic E-state index is -1.26. The Morgan fingerprint density at radius 3 is 2.38 bits per heavy atom. The number of ether oxygens (including phenoxy) is 2. The number of esters is 2. The van der Waals surface area contributed by atoms with Gasteiger partial charge in [-0.05, 0) is 12.1 Å². The molecule has 1 N–H and O–H groups in total. The summed E-state index contributed by atoms with van der Waals surface area (Å²) < 4.78 is 10.2. The fourth-order valence-corrected chi connectivity index (χ4v) is 3.65. The third-order valence-electron chi connectivity index (χ3n) is 4.18. The molecule has 0 amide bonds. The third-order valence-corrected chi connectivity index (χ3v) is 5.07. The highest BCUT2D eigenvalue weighted by Crippen LogP contribution is 2.30. The average Bonchev–Trinajstić information content (AvgIpc) is 3.18. The first kappa shape index (κ1) is 18.9. The van der Waals surface area contributed by atoms with Gasteiger partial charge in [0.05, 0.1) is 5.69 Å². The van der Waals surface area contributed by atoms with E-state index in [9.17, 15) is 9.59 Å². The summed E-state index contributed by atoms with van der Waals surface area (Å²) >= 11 is 1.55. The molecule has 0 spiro atoms. The molecule has 0 radical (unpaired) electrons. The van der Waals surface area contributed by atoms with Crippen LogP contribution in [0.15, 0.2) is 71.8 Å². The van der Waals surface area contributed by atoms with Crippen LogP contribution in [0.5, 0.6) is 0 Å². The number of thiazole rings is 1. The molecule has 1 aliphatic heterocycles. The van der Waals surface area contributed by atoms with Gasteiger partial charge in [0.15, 0.2) is 5.57 Å². The van der Waals surface area contributed by atoms with Crippen molar-refractivity contribution in [2.75, 3.05) is 5.32 Å². The highest BCUT2D eigenvalue weighted by atomic mass is 32.1. The van der Waals surface area contributed by atoms with Crippen LogP contribution in [-0.4, -0.2) is 22.7 Å². The number of carbonyl (C=O) groups is 2. The number of anilines is 1. The largest absolute Gasteiger partial charge is 0.419 e. The predicted octanol–water partition coefficient (Wildman–Crippen LogP) is 4.61. The third kappa shape index (κ3) is 4.20. The summed E-state index contributed by atoms with van der Waals surface area (Å²) in [5.74, 6) is -2.70. The molecule has 0 aliphatic carbocycles. The van der Waals surface area contributed by atoms with Crippen LogP contribution in [0, 0.1) is 0 Å². The Morgan fingerprint density at radius 1 is 0.966 bits per heavy atom. The number of cyclic esters (lactones) is 2. The lowest BCUT2D eigenvalue weighted by Gasteiger charge is -2.29. The van der Waals surface area contributed by atoms with E-state index in [1.54, 1.807) is 11.3 Å². The molecule has 29 heavy (non-hydrogen) atoms. The summed E-state index contributed by atoms with van der Waals surface area (Å²) in [5.41, 5.74) is 3.43. The summed E-state index contributed by atoms with van der Waals surface area (Å²) in [7, 11) is 0. The summed E-state index contributed by atoms with van der Waals surface area (Å²) in [5, 5.41) is 5.85. The minimum Gasteiger partial charge on any atom is -0.419 e. The van der Waals surface area contributed by atoms with Gasteiger partial charge in [-0.2, -0.15) is 0 Å². The molecule has 1 aliphatic rings. The quantitative estimate of drug-likeness (QED) is 0.387. The van der Waals surface area contributed by atoms with E-state index < -0.39 is 17.7 Å². The van der Waals surface area contributed by atoms with Crippen LogP contribution in [0.1, 0.15) is 13.8 Å². The Morgan fingerprint density at radius 2 is 1.66 bits per heavy atom. The number of aromatic nitrogens is 1. The van der Waals surface area contributed by atoms with Crippen molar-refractivity contribution in [1.82, 2.24) is 4.98 Å². The number of carbonyl (C=O) groups excluding carboxylic acids is 2. The van der Waals surface area contributed by atoms with E-state index in [2.05, 4.69) is 5.32 Å². The van der Waals surface area contributed by atoms with E-state index in [1.165, 1.54) is 20.0 Å². The molecule has 7 heteroatoms. The average molecular weight is 406 g/mol. The van der Waals surface area contributed by atoms with E-state index in [-0.39, 0.29) is 5.57 Å². The maximum Gasteiger partial charge on any atom is 0.350 e. The Balaban J connectivity index is 1.54. The standard InChI is InChI=1S/C22H18N2O4S/c1-22(2)27-20(25)17(21(26)28-22)12-23-16-10-6-9-15(11-16)19-24-18(13-29-19)14-7-4-3-5-8-14/h3-13,23H,1-2H3. The van der Waals surface area contributed by atoms with Crippen LogP contribution in [-0.2, 0) is 19.1 Å². The fourth-order valence-electron chi connectivity index (χ4n) is 2.82. The van der Waals surface area contributed by atoms with Crippen molar-refractivity contribution in [3.8, 4) is 21.8 Å². The molecule has 0 unspecified atom stereocenters. The van der Waals surface area contributed by atoms with Crippen molar-refractivity contribution in [2.45, 2.75) is 19.6 Å². The van der Waals surface area contributed by atoms with Crippen LogP contribution in [0.3, 0.4) is 0 Å². The summed E-state index contributed by atoms with van der Waals surface area (Å²) in [6.07, 6.45) is 1.30. The van der Waals surface area contributed by atoms with Crippen LogP contribution in [0.25, 0.3) is 21.8 Å². The Hall–Kier alpha value is -3.45. The second-order valence-corrected chi connectivity index (χ2v) is 7.72. The smallest absolute Gasteiger partial charge is 0.350 e. The Labute approximate surface area is 171 Å². The second kappa shape index (κ2) is 7.52. The van der Waals surface area contributed by atoms with Gasteiger partial charge in [-0.15, -0.1) is 11.3 Å². The molecule has 1 saturated heterocycles. The zero-order chi connectivity index (χ0) is 20.4. The number of rotatable bonds is 4. The van der Waals surface area contributed by atoms with E-state index in [0.717, 1.165) is 21.8 Å². The summed E-state index contributed by atoms with van der Waals surface area (Å²) in [6.45, 7) is 3.02. The highest BCUT2D eigenvalue weighted by Gasteiger charge is 2.38. The van der Waals surface area contributed by atoms with Gasteiger partial charge in [-0.3, -0.25) is 0 Å². The van der Waals surface area contributed by atoms with Gasteiger partial charge in [-0.25, -0.2) is 14.6 Å². The van der Waals surface area contributed by atoms with Crippen molar-refractivity contribution in [3.63, 3.8) is 0 Å². The van der Waals surface area contributed by atoms with E-state index in [1.807, 2.05) is 60.0 Å². The lowest BCUT2D eigenvalue weighted by atomic mass is 10.2. The maximum atomic E-state index is 12.0. The van der Waals surface area contributed by atoms with E-state index in [4.69, 9.17) is 14.5 Å². The molecule has 4 rings (SSSR count). The van der Waals surface area contributed by atoms with Crippen LogP contribution >= 0.6 is 11.3 Å². The van der Waals surface area contributed by atoms with E-state index >= 15 is 0 Å². The number of hydrogen-bond donors (Lipinski definition) is 1. The molecule has 1 fully saturated rings. The minimum absolute atomic E-state index is 0.185. The molecule has 2 aromatic carbocycles. The highest BCUT2D eigenvalue weighted by molar-refractivity contribution is 7.13. The lowest BCUT2D eigenvalue weighted by molar-refractivity contribution is -0.222. The van der Waals surface area contributed by atoms with Gasteiger partial charge in [0.25, 0.3) is 5.79 Å². The van der Waals surface area contributed by atoms with Crippen molar-refractivity contribution < 1.29 is 19.1 Å². The summed E-state index contributed by atoms with van der Waals surface area (Å²) in [4.78, 5) is 28.8. The van der Waals surface area contributed by atoms with Gasteiger partial charge in [0.2, 0.25) is 0 Å². The van der Waals surface area contributed by atoms with Crippen molar-refractivity contribution >= 4 is 29.0 Å². The lowest BCUT2D eigenvalue weighted by Crippen LogP contribution is -2.42. The van der Waals surface area contributed by atoms with Gasteiger partial charge in [0.1, 0.15) is 5.01 Å². The number of nitrogens with one attached hydrogen (secondary N) is 1. The zero-order valence-electron chi connectivity index (χ0n) is 15.8. The first-order chi connectivity index (χ1) is 13.9. The van der Waals surface area contributed by atoms with E-state index in [0.29, 0.717) is 5.69 Å².